The summed E-state index contributed by atoms with van der Waals surface area (Å²) in [5, 5.41) is 0. The fourth-order valence-corrected chi connectivity index (χ4v) is 6.84. The van der Waals surface area contributed by atoms with Crippen LogP contribution < -0.4 is 0 Å². The molecule has 0 spiro atoms. The van der Waals surface area contributed by atoms with Gasteiger partial charge in [-0.15, -0.1) is 0 Å². The van der Waals surface area contributed by atoms with E-state index in [9.17, 15) is 0 Å². The minimum atomic E-state index is 0.0278. The zero-order chi connectivity index (χ0) is 34.6. The summed E-state index contributed by atoms with van der Waals surface area (Å²) in [6, 6.07) is 50.7. The fraction of sp³-hybridized carbons (Fsp3) is 0. The lowest BCUT2D eigenvalue weighted by molar-refractivity contribution is 1.28. The van der Waals surface area contributed by atoms with Gasteiger partial charge in [-0.05, 0) is 70.8 Å². The van der Waals surface area contributed by atoms with Crippen molar-refractivity contribution >= 4 is 76.1 Å². The molecule has 7 heteroatoms. The van der Waals surface area contributed by atoms with E-state index in [0.29, 0.717) is 0 Å². The Morgan fingerprint density at radius 2 is 0.588 bits per heavy atom. The van der Waals surface area contributed by atoms with Crippen molar-refractivity contribution in [3.63, 3.8) is 0 Å². The highest BCUT2D eigenvalue weighted by Crippen LogP contribution is 2.38. The van der Waals surface area contributed by atoms with Gasteiger partial charge in [0.2, 0.25) is 0 Å². The van der Waals surface area contributed by atoms with Crippen molar-refractivity contribution in [2.45, 2.75) is 0 Å². The Bertz CT molecular complexity index is 2420. The van der Waals surface area contributed by atoms with Crippen molar-refractivity contribution in [1.29, 1.82) is 0 Å². The molecule has 2 aliphatic rings. The Balaban J connectivity index is 0.00000121. The van der Waals surface area contributed by atoms with E-state index >= 15 is 0 Å². The molecule has 0 saturated carbocycles. The average molecular weight is 718 g/mol. The molecular weight excluding hydrogens is 686 g/mol. The second kappa shape index (κ2) is 14.8. The Hall–Kier alpha value is -5.51. The van der Waals surface area contributed by atoms with E-state index in [0.717, 1.165) is 89.4 Å². The number of nitrogens with zero attached hydrogens (tertiary/aromatic N) is 2. The molecule has 0 unspecified atom stereocenters. The first-order valence-corrected chi connectivity index (χ1v) is 19.6. The Morgan fingerprint density at radius 1 is 0.333 bits per heavy atom. The summed E-state index contributed by atoms with van der Waals surface area (Å²) in [6.45, 7) is 0. The molecule has 2 aliphatic heterocycles. The van der Waals surface area contributed by atoms with Crippen molar-refractivity contribution in [2.75, 3.05) is 0 Å². The second-order valence-electron chi connectivity index (χ2n) is 12.0. The lowest BCUT2D eigenvalue weighted by Gasteiger charge is -2.07. The van der Waals surface area contributed by atoms with Gasteiger partial charge in [-0.25, -0.2) is 9.97 Å². The molecule has 2 N–H and O–H groups in total. The van der Waals surface area contributed by atoms with E-state index in [4.69, 9.17) is 32.4 Å². The number of aromatic amines is 2. The highest BCUT2D eigenvalue weighted by molar-refractivity contribution is 7.90. The molecule has 51 heavy (non-hydrogen) atoms. The number of hydrogen-bond acceptors (Lipinski definition) is 2. The number of H-pyrrole nitrogens is 2. The summed E-state index contributed by atoms with van der Waals surface area (Å²) in [5.74, 6) is 0. The van der Waals surface area contributed by atoms with Crippen LogP contribution in [0.4, 0.5) is 0 Å². The lowest BCUT2D eigenvalue weighted by atomic mass is 10.0. The third kappa shape index (κ3) is 6.58. The van der Waals surface area contributed by atoms with Gasteiger partial charge in [-0.2, -0.15) is 0 Å². The van der Waals surface area contributed by atoms with Crippen LogP contribution >= 0.6 is 29.8 Å². The largest absolute Gasteiger partial charge is 0.354 e. The molecule has 0 fully saturated rings. The van der Waals surface area contributed by atoms with E-state index in [1.165, 1.54) is 0 Å². The van der Waals surface area contributed by atoms with Crippen LogP contribution in [-0.2, 0) is 0 Å². The van der Waals surface area contributed by atoms with Gasteiger partial charge in [-0.1, -0.05) is 144 Å². The topological polar surface area (TPSA) is 57.4 Å². The standard InChI is InChI=1S/C44H30N4.Cl2HP/c1-5-13-29(14-6-1)41-33-21-23-35(45-33)42(30-15-7-2-8-16-30)37-25-27-39(47-37)44(32-19-11-4-12-20-32)40-28-26-38(48-40)43(31-17-9-3-10-18-31)36-24-22-34(41)46-36;1-3-2/h1-28,45-46H;3H. The Kier molecular flexibility index (Phi) is 9.46. The number of rotatable bonds is 4. The molecule has 3 aromatic heterocycles. The van der Waals surface area contributed by atoms with Gasteiger partial charge in [0.25, 0.3) is 0 Å². The number of halogens is 2. The van der Waals surface area contributed by atoms with Crippen molar-refractivity contribution in [1.82, 2.24) is 19.9 Å². The molecular formula is C44H31Cl2N4P. The van der Waals surface area contributed by atoms with Crippen molar-refractivity contribution in [3.05, 3.63) is 168 Å². The maximum Gasteiger partial charge on any atom is 0.0738 e. The molecule has 0 aliphatic carbocycles. The van der Waals surface area contributed by atoms with Crippen LogP contribution in [0.1, 0.15) is 22.8 Å². The monoisotopic (exact) mass is 716 g/mol. The van der Waals surface area contributed by atoms with Crippen LogP contribution in [0.5, 0.6) is 0 Å². The van der Waals surface area contributed by atoms with E-state index < -0.39 is 0 Å². The summed E-state index contributed by atoms with van der Waals surface area (Å²) in [6.07, 6.45) is 8.50. The fourth-order valence-electron chi connectivity index (χ4n) is 6.84. The molecule has 4 aromatic carbocycles. The molecule has 0 atom stereocenters. The van der Waals surface area contributed by atoms with Gasteiger partial charge >= 0.3 is 0 Å². The Morgan fingerprint density at radius 3 is 0.922 bits per heavy atom. The zero-order valence-corrected chi connectivity index (χ0v) is 29.8. The smallest absolute Gasteiger partial charge is 0.0738 e. The van der Waals surface area contributed by atoms with Crippen LogP contribution in [0, 0.1) is 0 Å². The van der Waals surface area contributed by atoms with Crippen LogP contribution in [0.3, 0.4) is 0 Å². The molecule has 4 nitrogen and oxygen atoms in total. The van der Waals surface area contributed by atoms with E-state index in [1.54, 1.807) is 0 Å². The van der Waals surface area contributed by atoms with Gasteiger partial charge < -0.3 is 9.97 Å². The van der Waals surface area contributed by atoms with E-state index in [2.05, 4.69) is 162 Å². The number of fused-ring (bicyclic) bond motifs is 8. The average Bonchev–Trinajstić information content (AvgIpc) is 4.02. The normalized spacial score (nSPS) is 11.6. The van der Waals surface area contributed by atoms with E-state index in [1.807, 2.05) is 18.2 Å². The predicted octanol–water partition coefficient (Wildman–Crippen LogP) is 13.3. The van der Waals surface area contributed by atoms with Crippen LogP contribution in [0.15, 0.2) is 146 Å². The van der Waals surface area contributed by atoms with Crippen LogP contribution in [0.2, 0.25) is 0 Å². The minimum Gasteiger partial charge on any atom is -0.354 e. The molecule has 5 heterocycles. The van der Waals surface area contributed by atoms with Gasteiger partial charge in [0, 0.05) is 44.3 Å². The molecule has 9 rings (SSSR count). The van der Waals surface area contributed by atoms with Crippen molar-refractivity contribution in [2.24, 2.45) is 0 Å². The minimum absolute atomic E-state index is 0.0278. The maximum atomic E-state index is 5.33. The summed E-state index contributed by atoms with van der Waals surface area (Å²) in [5.41, 5.74) is 16.2. The molecule has 8 bridgehead atoms. The van der Waals surface area contributed by atoms with Crippen LogP contribution in [-0.4, -0.2) is 19.9 Å². The maximum absolute atomic E-state index is 5.33. The predicted molar refractivity (Wildman–Crippen MR) is 221 cm³/mol. The van der Waals surface area contributed by atoms with Crippen molar-refractivity contribution < 1.29 is 0 Å². The van der Waals surface area contributed by atoms with Gasteiger partial charge in [0.05, 0.1) is 30.1 Å². The quantitative estimate of drug-likeness (QED) is 0.178. The first-order chi connectivity index (χ1) is 25.2. The summed E-state index contributed by atoms with van der Waals surface area (Å²) in [7, 11) is 0.0278. The summed E-state index contributed by atoms with van der Waals surface area (Å²) >= 11 is 9.58. The molecule has 7 aromatic rings. The molecule has 0 amide bonds. The number of hydrogen-bond donors (Lipinski definition) is 2. The molecule has 0 radical (unpaired) electrons. The number of aromatic nitrogens is 4. The summed E-state index contributed by atoms with van der Waals surface area (Å²) in [4.78, 5) is 18.3. The second-order valence-corrected chi connectivity index (χ2v) is 13.9. The van der Waals surface area contributed by atoms with E-state index in [-0.39, 0.29) is 7.29 Å². The zero-order valence-electron chi connectivity index (χ0n) is 27.3. The summed E-state index contributed by atoms with van der Waals surface area (Å²) < 4.78 is 0. The lowest BCUT2D eigenvalue weighted by Crippen LogP contribution is -1.91. The third-order valence-corrected chi connectivity index (χ3v) is 9.00. The first-order valence-electron chi connectivity index (χ1n) is 16.6. The first kappa shape index (κ1) is 32.7. The molecule has 246 valence electrons. The number of nitrogens with one attached hydrogen (secondary N) is 2. The molecule has 0 saturated heterocycles. The SMILES string of the molecule is C1=Cc2nc1c(-c1ccccc1)c1nc(c(-c3ccccc3)c3ccc([nH]3)c(-c3ccccc3)c3ccc([nH]3)c2-c2ccccc2)C=C1.ClPCl. The van der Waals surface area contributed by atoms with Gasteiger partial charge in [0.15, 0.2) is 0 Å². The number of benzene rings is 4. The van der Waals surface area contributed by atoms with Crippen LogP contribution in [0.25, 0.3) is 90.9 Å². The van der Waals surface area contributed by atoms with Gasteiger partial charge in [0.1, 0.15) is 0 Å². The highest BCUT2D eigenvalue weighted by atomic mass is 35.9. The van der Waals surface area contributed by atoms with Gasteiger partial charge in [-0.3, -0.25) is 0 Å². The van der Waals surface area contributed by atoms with Crippen molar-refractivity contribution in [3.8, 4) is 44.5 Å². The highest BCUT2D eigenvalue weighted by Gasteiger charge is 2.19. The Labute approximate surface area is 307 Å². The third-order valence-electron chi connectivity index (χ3n) is 9.00.